The summed E-state index contributed by atoms with van der Waals surface area (Å²) in [6, 6.07) is 7.53. The van der Waals surface area contributed by atoms with Gasteiger partial charge in [0, 0.05) is 22.1 Å². The van der Waals surface area contributed by atoms with Gasteiger partial charge in [-0.2, -0.15) is 5.10 Å². The van der Waals surface area contributed by atoms with Gasteiger partial charge in [-0.3, -0.25) is 4.79 Å². The van der Waals surface area contributed by atoms with Gasteiger partial charge in [-0.1, -0.05) is 22.0 Å². The highest BCUT2D eigenvalue weighted by Crippen LogP contribution is 2.26. The lowest BCUT2D eigenvalue weighted by atomic mass is 10.2. The average molecular weight is 332 g/mol. The summed E-state index contributed by atoms with van der Waals surface area (Å²) in [6.45, 7) is 0. The monoisotopic (exact) mass is 331 g/mol. The summed E-state index contributed by atoms with van der Waals surface area (Å²) >= 11 is 3.49. The van der Waals surface area contributed by atoms with E-state index in [1.807, 2.05) is 18.2 Å². The Labute approximate surface area is 123 Å². The molecule has 0 saturated heterocycles. The van der Waals surface area contributed by atoms with Gasteiger partial charge < -0.3 is 4.74 Å². The van der Waals surface area contributed by atoms with Crippen LogP contribution in [0.2, 0.25) is 0 Å². The average Bonchev–Trinajstić information content (AvgIpc) is 2.92. The van der Waals surface area contributed by atoms with E-state index in [0.717, 1.165) is 15.4 Å². The van der Waals surface area contributed by atoms with Gasteiger partial charge in [-0.25, -0.2) is 9.67 Å². The maximum absolute atomic E-state index is 10.9. The predicted octanol–water partition coefficient (Wildman–Crippen LogP) is 3.00. The molecule has 0 bridgehead atoms. The van der Waals surface area contributed by atoms with Crippen molar-refractivity contribution in [3.05, 3.63) is 46.7 Å². The predicted molar refractivity (Wildman–Crippen MR) is 78.5 cm³/mol. The van der Waals surface area contributed by atoms with Crippen molar-refractivity contribution in [3.8, 4) is 11.6 Å². The summed E-state index contributed by atoms with van der Waals surface area (Å²) in [5.74, 6) is 1.07. The second-order valence-electron chi connectivity index (χ2n) is 4.13. The molecule has 0 N–H and O–H groups in total. The van der Waals surface area contributed by atoms with E-state index in [9.17, 15) is 4.79 Å². The molecule has 0 aliphatic rings. The largest absolute Gasteiger partial charge is 0.496 e. The number of pyridine rings is 1. The zero-order valence-corrected chi connectivity index (χ0v) is 12.2. The third-order valence-electron chi connectivity index (χ3n) is 3.00. The summed E-state index contributed by atoms with van der Waals surface area (Å²) in [7, 11) is 1.52. The molecule has 0 aliphatic carbocycles. The van der Waals surface area contributed by atoms with E-state index >= 15 is 0 Å². The fraction of sp³-hybridized carbons (Fsp3) is 0.0714. The number of hydrogen-bond acceptors (Lipinski definition) is 4. The molecule has 5 nitrogen and oxygen atoms in total. The van der Waals surface area contributed by atoms with Crippen LogP contribution in [0, 0.1) is 0 Å². The van der Waals surface area contributed by atoms with Gasteiger partial charge in [-0.15, -0.1) is 0 Å². The third-order valence-corrected chi connectivity index (χ3v) is 3.70. The Hall–Kier alpha value is -2.21. The molecule has 0 fully saturated rings. The number of aromatic nitrogens is 3. The maximum Gasteiger partial charge on any atom is 0.157 e. The van der Waals surface area contributed by atoms with Gasteiger partial charge in [0.25, 0.3) is 0 Å². The fourth-order valence-electron chi connectivity index (χ4n) is 2.02. The Morgan fingerprint density at radius 3 is 2.95 bits per heavy atom. The van der Waals surface area contributed by atoms with Crippen LogP contribution >= 0.6 is 15.9 Å². The van der Waals surface area contributed by atoms with Crippen LogP contribution in [0.15, 0.2) is 41.1 Å². The van der Waals surface area contributed by atoms with Gasteiger partial charge in [0.1, 0.15) is 5.75 Å². The number of nitrogens with zero attached hydrogens (tertiary/aromatic N) is 3. The van der Waals surface area contributed by atoms with E-state index in [0.29, 0.717) is 23.4 Å². The van der Waals surface area contributed by atoms with E-state index < -0.39 is 0 Å². The number of benzene rings is 1. The standard InChI is InChI=1S/C14H10BrN3O2/c1-20-13-5-14(16-6-9(13)8-19)18-12-4-2-3-11(15)10(12)7-17-18/h2-8H,1H3. The Bertz CT molecular complexity index is 798. The number of carbonyl (C=O) groups is 1. The molecule has 0 unspecified atom stereocenters. The highest BCUT2D eigenvalue weighted by Gasteiger charge is 2.11. The van der Waals surface area contributed by atoms with Crippen LogP contribution in [0.4, 0.5) is 0 Å². The molecular weight excluding hydrogens is 322 g/mol. The van der Waals surface area contributed by atoms with Crippen molar-refractivity contribution in [2.24, 2.45) is 0 Å². The van der Waals surface area contributed by atoms with Crippen LogP contribution in [0.3, 0.4) is 0 Å². The van der Waals surface area contributed by atoms with E-state index in [-0.39, 0.29) is 0 Å². The smallest absolute Gasteiger partial charge is 0.157 e. The number of carbonyl (C=O) groups excluding carboxylic acids is 1. The molecule has 0 aliphatic heterocycles. The topological polar surface area (TPSA) is 57.0 Å². The molecule has 0 atom stereocenters. The molecule has 100 valence electrons. The zero-order valence-electron chi connectivity index (χ0n) is 10.6. The van der Waals surface area contributed by atoms with Crippen molar-refractivity contribution in [1.82, 2.24) is 14.8 Å². The van der Waals surface area contributed by atoms with Gasteiger partial charge >= 0.3 is 0 Å². The third kappa shape index (κ3) is 1.98. The quantitative estimate of drug-likeness (QED) is 0.692. The molecule has 6 heteroatoms. The molecule has 3 rings (SSSR count). The Morgan fingerprint density at radius 2 is 2.20 bits per heavy atom. The van der Waals surface area contributed by atoms with Gasteiger partial charge in [0.15, 0.2) is 12.1 Å². The van der Waals surface area contributed by atoms with Gasteiger partial charge in [0.05, 0.1) is 24.4 Å². The minimum atomic E-state index is 0.411. The van der Waals surface area contributed by atoms with E-state index in [2.05, 4.69) is 26.0 Å². The summed E-state index contributed by atoms with van der Waals surface area (Å²) in [5.41, 5.74) is 1.33. The molecule has 1 aromatic carbocycles. The minimum absolute atomic E-state index is 0.411. The van der Waals surface area contributed by atoms with Gasteiger partial charge in [-0.05, 0) is 12.1 Å². The van der Waals surface area contributed by atoms with Crippen molar-refractivity contribution in [2.75, 3.05) is 7.11 Å². The van der Waals surface area contributed by atoms with Crippen molar-refractivity contribution in [2.45, 2.75) is 0 Å². The first-order valence-corrected chi connectivity index (χ1v) is 6.65. The van der Waals surface area contributed by atoms with Crippen LogP contribution in [0.5, 0.6) is 5.75 Å². The molecule has 3 aromatic rings. The number of methoxy groups -OCH3 is 1. The lowest BCUT2D eigenvalue weighted by Crippen LogP contribution is -2.01. The van der Waals surface area contributed by atoms with Crippen molar-refractivity contribution >= 4 is 33.1 Å². The number of rotatable bonds is 3. The van der Waals surface area contributed by atoms with Crippen LogP contribution in [0.25, 0.3) is 16.7 Å². The lowest BCUT2D eigenvalue weighted by molar-refractivity contribution is 0.112. The molecule has 2 heterocycles. The normalized spacial score (nSPS) is 10.7. The van der Waals surface area contributed by atoms with Crippen molar-refractivity contribution in [1.29, 1.82) is 0 Å². The molecule has 0 radical (unpaired) electrons. The lowest BCUT2D eigenvalue weighted by Gasteiger charge is -2.07. The Morgan fingerprint density at radius 1 is 1.35 bits per heavy atom. The Kier molecular flexibility index (Phi) is 3.23. The van der Waals surface area contributed by atoms with Crippen LogP contribution in [-0.4, -0.2) is 28.2 Å². The second kappa shape index (κ2) is 5.05. The molecule has 0 amide bonds. The van der Waals surface area contributed by atoms with Crippen LogP contribution in [-0.2, 0) is 0 Å². The molecule has 0 saturated carbocycles. The van der Waals surface area contributed by atoms with Crippen LogP contribution < -0.4 is 4.74 Å². The van der Waals surface area contributed by atoms with Crippen molar-refractivity contribution < 1.29 is 9.53 Å². The van der Waals surface area contributed by atoms with Crippen LogP contribution in [0.1, 0.15) is 10.4 Å². The van der Waals surface area contributed by atoms with E-state index in [1.54, 1.807) is 16.9 Å². The van der Waals surface area contributed by atoms with E-state index in [4.69, 9.17) is 4.74 Å². The second-order valence-corrected chi connectivity index (χ2v) is 4.99. The summed E-state index contributed by atoms with van der Waals surface area (Å²) in [6.07, 6.45) is 3.96. The number of halogens is 1. The molecule has 20 heavy (non-hydrogen) atoms. The number of fused-ring (bicyclic) bond motifs is 1. The first-order chi connectivity index (χ1) is 9.74. The maximum atomic E-state index is 10.9. The Balaban J connectivity index is 2.21. The fourth-order valence-corrected chi connectivity index (χ4v) is 2.47. The molecule has 0 spiro atoms. The molecular formula is C14H10BrN3O2. The highest BCUT2D eigenvalue weighted by atomic mass is 79.9. The highest BCUT2D eigenvalue weighted by molar-refractivity contribution is 9.10. The summed E-state index contributed by atoms with van der Waals surface area (Å²) < 4.78 is 7.86. The number of aldehydes is 1. The number of hydrogen-bond donors (Lipinski definition) is 0. The van der Waals surface area contributed by atoms with E-state index in [1.165, 1.54) is 13.3 Å². The zero-order chi connectivity index (χ0) is 14.1. The van der Waals surface area contributed by atoms with Gasteiger partial charge in [0.2, 0.25) is 0 Å². The first kappa shape index (κ1) is 12.8. The van der Waals surface area contributed by atoms with Crippen molar-refractivity contribution in [3.63, 3.8) is 0 Å². The number of ether oxygens (including phenoxy) is 1. The molecule has 2 aromatic heterocycles. The SMILES string of the molecule is COc1cc(-n2ncc3c(Br)cccc32)ncc1C=O. The first-order valence-electron chi connectivity index (χ1n) is 5.86. The minimum Gasteiger partial charge on any atom is -0.496 e. The summed E-state index contributed by atoms with van der Waals surface area (Å²) in [4.78, 5) is 15.1. The summed E-state index contributed by atoms with van der Waals surface area (Å²) in [5, 5.41) is 5.33.